The molecule has 0 unspecified atom stereocenters. The fourth-order valence-electron chi connectivity index (χ4n) is 1.74. The number of ether oxygens (including phenoxy) is 1. The van der Waals surface area contributed by atoms with Crippen molar-refractivity contribution in [3.05, 3.63) is 70.1 Å². The molecule has 0 spiro atoms. The van der Waals surface area contributed by atoms with Crippen molar-refractivity contribution < 1.29 is 9.53 Å². The molecule has 2 aromatic rings. The molecule has 0 aliphatic carbocycles. The van der Waals surface area contributed by atoms with Gasteiger partial charge >= 0.3 is 5.97 Å². The molecule has 0 bridgehead atoms. The van der Waals surface area contributed by atoms with Gasteiger partial charge in [-0.15, -0.1) is 11.3 Å². The Morgan fingerprint density at radius 2 is 1.90 bits per heavy atom. The van der Waals surface area contributed by atoms with Gasteiger partial charge in [0.25, 0.3) is 0 Å². The van der Waals surface area contributed by atoms with Crippen molar-refractivity contribution in [1.82, 2.24) is 0 Å². The fraction of sp³-hybridized carbons (Fsp3) is 0. The Hall–Kier alpha value is -2.46. The van der Waals surface area contributed by atoms with Crippen LogP contribution in [0.1, 0.15) is 10.4 Å². The van der Waals surface area contributed by atoms with Gasteiger partial charge in [0, 0.05) is 11.0 Å². The van der Waals surface area contributed by atoms with E-state index in [-0.39, 0.29) is 0 Å². The van der Waals surface area contributed by atoms with Gasteiger partial charge in [-0.25, -0.2) is 9.79 Å². The number of hydrogen-bond acceptors (Lipinski definition) is 4. The van der Waals surface area contributed by atoms with E-state index in [9.17, 15) is 4.79 Å². The second-order valence-corrected chi connectivity index (χ2v) is 5.11. The maximum absolute atomic E-state index is 11.7. The standard InChI is InChI=1S/C16H11NO2S/c18-16-14(11-13-7-4-10-20-13)17-15(19-16)9-8-12-5-2-1-3-6-12/h1-11H/b9-8+,14-11+. The molecule has 0 fully saturated rings. The Bertz CT molecular complexity index is 697. The number of hydrogen-bond donors (Lipinski definition) is 0. The highest BCUT2D eigenvalue weighted by Gasteiger charge is 2.21. The summed E-state index contributed by atoms with van der Waals surface area (Å²) in [6, 6.07) is 13.6. The van der Waals surface area contributed by atoms with Crippen LogP contribution in [-0.4, -0.2) is 11.9 Å². The first kappa shape index (κ1) is 12.6. The quantitative estimate of drug-likeness (QED) is 0.634. The predicted octanol–water partition coefficient (Wildman–Crippen LogP) is 3.76. The van der Waals surface area contributed by atoms with Crippen LogP contribution in [0, 0.1) is 0 Å². The zero-order chi connectivity index (χ0) is 13.8. The number of cyclic esters (lactones) is 1. The first-order chi connectivity index (χ1) is 9.81. The Morgan fingerprint density at radius 1 is 1.05 bits per heavy atom. The van der Waals surface area contributed by atoms with Crippen LogP contribution in [0.2, 0.25) is 0 Å². The summed E-state index contributed by atoms with van der Waals surface area (Å²) < 4.78 is 5.11. The van der Waals surface area contributed by atoms with Gasteiger partial charge in [0.05, 0.1) is 0 Å². The minimum Gasteiger partial charge on any atom is -0.403 e. The Balaban J connectivity index is 1.79. The summed E-state index contributed by atoms with van der Waals surface area (Å²) in [6.45, 7) is 0. The molecule has 3 rings (SSSR count). The van der Waals surface area contributed by atoms with Crippen LogP contribution in [0.3, 0.4) is 0 Å². The molecule has 3 nitrogen and oxygen atoms in total. The number of carbonyl (C=O) groups is 1. The Labute approximate surface area is 120 Å². The highest BCUT2D eigenvalue weighted by molar-refractivity contribution is 7.10. The zero-order valence-corrected chi connectivity index (χ0v) is 11.3. The van der Waals surface area contributed by atoms with Crippen LogP contribution in [0.4, 0.5) is 0 Å². The molecule has 20 heavy (non-hydrogen) atoms. The second-order valence-electron chi connectivity index (χ2n) is 4.13. The molecule has 2 heterocycles. The van der Waals surface area contributed by atoms with Gasteiger partial charge in [-0.3, -0.25) is 0 Å². The summed E-state index contributed by atoms with van der Waals surface area (Å²) in [6.07, 6.45) is 5.29. The van der Waals surface area contributed by atoms with E-state index in [4.69, 9.17) is 4.74 Å². The van der Waals surface area contributed by atoms with Gasteiger partial charge < -0.3 is 4.74 Å². The minimum absolute atomic E-state index is 0.321. The lowest BCUT2D eigenvalue weighted by Gasteiger charge is -1.92. The van der Waals surface area contributed by atoms with Crippen LogP contribution in [0.5, 0.6) is 0 Å². The van der Waals surface area contributed by atoms with Gasteiger partial charge in [0.15, 0.2) is 5.70 Å². The number of rotatable bonds is 3. The summed E-state index contributed by atoms with van der Waals surface area (Å²) in [7, 11) is 0. The molecule has 4 heteroatoms. The highest BCUT2D eigenvalue weighted by Crippen LogP contribution is 2.19. The van der Waals surface area contributed by atoms with Crippen molar-refractivity contribution in [3.63, 3.8) is 0 Å². The lowest BCUT2D eigenvalue weighted by molar-refractivity contribution is -0.129. The molecule has 0 radical (unpaired) electrons. The lowest BCUT2D eigenvalue weighted by atomic mass is 10.2. The normalized spacial score (nSPS) is 16.7. The predicted molar refractivity (Wildman–Crippen MR) is 81.3 cm³/mol. The third-order valence-electron chi connectivity index (χ3n) is 2.68. The largest absolute Gasteiger partial charge is 0.403 e. The van der Waals surface area contributed by atoms with E-state index in [1.165, 1.54) is 0 Å². The number of esters is 1. The average molecular weight is 281 g/mol. The third-order valence-corrected chi connectivity index (χ3v) is 3.50. The van der Waals surface area contributed by atoms with Crippen LogP contribution in [0.15, 0.2) is 64.6 Å². The van der Waals surface area contributed by atoms with E-state index in [2.05, 4.69) is 4.99 Å². The number of nitrogens with zero attached hydrogens (tertiary/aromatic N) is 1. The van der Waals surface area contributed by atoms with Gasteiger partial charge in [-0.05, 0) is 29.2 Å². The molecule has 0 atom stereocenters. The van der Waals surface area contributed by atoms with Crippen molar-refractivity contribution >= 4 is 35.4 Å². The summed E-state index contributed by atoms with van der Waals surface area (Å²) in [5, 5.41) is 1.95. The molecule has 0 saturated heterocycles. The number of aliphatic imine (C=N–C) groups is 1. The van der Waals surface area contributed by atoms with Gasteiger partial charge in [0.2, 0.25) is 5.90 Å². The summed E-state index contributed by atoms with van der Waals surface area (Å²) in [5.41, 5.74) is 1.36. The van der Waals surface area contributed by atoms with Crippen LogP contribution in [-0.2, 0) is 9.53 Å². The summed E-state index contributed by atoms with van der Waals surface area (Å²) in [4.78, 5) is 16.9. The second kappa shape index (κ2) is 5.67. The SMILES string of the molecule is O=C1OC(/C=C/c2ccccc2)=NC/1=C/c1cccs1. The van der Waals surface area contributed by atoms with Gasteiger partial charge in [0.1, 0.15) is 0 Å². The smallest absolute Gasteiger partial charge is 0.363 e. The van der Waals surface area contributed by atoms with Crippen molar-refractivity contribution in [3.8, 4) is 0 Å². The lowest BCUT2D eigenvalue weighted by Crippen LogP contribution is -2.00. The van der Waals surface area contributed by atoms with Crippen molar-refractivity contribution in [1.29, 1.82) is 0 Å². The molecular formula is C16H11NO2S. The fourth-order valence-corrected chi connectivity index (χ4v) is 2.39. The highest BCUT2D eigenvalue weighted by atomic mass is 32.1. The zero-order valence-electron chi connectivity index (χ0n) is 10.5. The summed E-state index contributed by atoms with van der Waals surface area (Å²) >= 11 is 1.55. The van der Waals surface area contributed by atoms with Crippen molar-refractivity contribution in [2.24, 2.45) is 4.99 Å². The van der Waals surface area contributed by atoms with E-state index in [0.29, 0.717) is 11.6 Å². The molecule has 1 aromatic heterocycles. The Kier molecular flexibility index (Phi) is 3.56. The average Bonchev–Trinajstić information content (AvgIpc) is 3.09. The van der Waals surface area contributed by atoms with Crippen molar-refractivity contribution in [2.75, 3.05) is 0 Å². The van der Waals surface area contributed by atoms with E-state index < -0.39 is 5.97 Å². The number of benzene rings is 1. The molecule has 0 N–H and O–H groups in total. The minimum atomic E-state index is -0.411. The van der Waals surface area contributed by atoms with E-state index in [1.54, 1.807) is 23.5 Å². The first-order valence-corrected chi connectivity index (χ1v) is 6.98. The van der Waals surface area contributed by atoms with E-state index in [0.717, 1.165) is 10.4 Å². The molecule has 1 aliphatic rings. The van der Waals surface area contributed by atoms with Crippen LogP contribution >= 0.6 is 11.3 Å². The first-order valence-electron chi connectivity index (χ1n) is 6.10. The molecule has 98 valence electrons. The molecule has 1 aromatic carbocycles. The Morgan fingerprint density at radius 3 is 2.65 bits per heavy atom. The van der Waals surface area contributed by atoms with Crippen LogP contribution < -0.4 is 0 Å². The molecule has 1 aliphatic heterocycles. The number of carbonyl (C=O) groups excluding carboxylic acids is 1. The van der Waals surface area contributed by atoms with Gasteiger partial charge in [-0.1, -0.05) is 36.4 Å². The summed E-state index contributed by atoms with van der Waals surface area (Å²) in [5.74, 6) is -0.0900. The molecule has 0 amide bonds. The monoisotopic (exact) mass is 281 g/mol. The topological polar surface area (TPSA) is 38.7 Å². The maximum atomic E-state index is 11.7. The maximum Gasteiger partial charge on any atom is 0.363 e. The number of thiophene rings is 1. The van der Waals surface area contributed by atoms with Crippen molar-refractivity contribution in [2.45, 2.75) is 0 Å². The molecular weight excluding hydrogens is 270 g/mol. The third kappa shape index (κ3) is 2.92. The van der Waals surface area contributed by atoms with E-state index >= 15 is 0 Å². The van der Waals surface area contributed by atoms with Crippen LogP contribution in [0.25, 0.3) is 12.2 Å². The van der Waals surface area contributed by atoms with Gasteiger partial charge in [-0.2, -0.15) is 0 Å². The van der Waals surface area contributed by atoms with E-state index in [1.807, 2.05) is 53.9 Å². The molecule has 0 saturated carbocycles.